The third kappa shape index (κ3) is 3.62. The zero-order valence-corrected chi connectivity index (χ0v) is 15.2. The Morgan fingerprint density at radius 3 is 2.04 bits per heavy atom. The van der Waals surface area contributed by atoms with E-state index in [9.17, 15) is 0 Å². The number of allylic oxidation sites excluding steroid dienone is 4. The summed E-state index contributed by atoms with van der Waals surface area (Å²) in [4.78, 5) is 0. The van der Waals surface area contributed by atoms with Crippen LogP contribution in [-0.2, 0) is 0 Å². The van der Waals surface area contributed by atoms with E-state index in [0.717, 1.165) is 11.5 Å². The predicted molar refractivity (Wildman–Crippen MR) is 104 cm³/mol. The van der Waals surface area contributed by atoms with Gasteiger partial charge in [0.05, 0.1) is 6.07 Å². The molecule has 24 heavy (non-hydrogen) atoms. The molecule has 3 heteroatoms. The van der Waals surface area contributed by atoms with Crippen LogP contribution in [0.25, 0.3) is 0 Å². The van der Waals surface area contributed by atoms with Crippen LogP contribution in [0.1, 0.15) is 13.3 Å². The Kier molecular flexibility index (Phi) is 5.52. The standard InChI is InChI=1S/C21H19ClNP/c1-16(20-13-12-17(15-23)14-21(20)22)24(18-8-4-2-5-9-18)19-10-6-3-7-11-19/h2-12,14,16,20H,13H2,1H3. The summed E-state index contributed by atoms with van der Waals surface area (Å²) in [7, 11) is -0.518. The van der Waals surface area contributed by atoms with Gasteiger partial charge in [-0.15, -0.1) is 0 Å². The number of benzene rings is 2. The highest BCUT2D eigenvalue weighted by Gasteiger charge is 2.30. The summed E-state index contributed by atoms with van der Waals surface area (Å²) in [5.74, 6) is 0.260. The van der Waals surface area contributed by atoms with Gasteiger partial charge in [0, 0.05) is 16.5 Å². The summed E-state index contributed by atoms with van der Waals surface area (Å²) < 4.78 is 0. The second kappa shape index (κ2) is 7.80. The fourth-order valence-electron chi connectivity index (χ4n) is 3.16. The molecule has 0 amide bonds. The SMILES string of the molecule is CC(C1CC=C(C#N)C=C1Cl)P(c1ccccc1)c1ccccc1. The molecule has 1 aliphatic rings. The minimum absolute atomic E-state index is 0.260. The van der Waals surface area contributed by atoms with Gasteiger partial charge in [-0.05, 0) is 36.7 Å². The molecule has 0 fully saturated rings. The molecular formula is C21H19ClNP. The van der Waals surface area contributed by atoms with Crippen molar-refractivity contribution in [2.75, 3.05) is 0 Å². The summed E-state index contributed by atoms with van der Waals surface area (Å²) in [6.45, 7) is 2.29. The topological polar surface area (TPSA) is 23.8 Å². The van der Waals surface area contributed by atoms with Crippen LogP contribution >= 0.6 is 19.5 Å². The van der Waals surface area contributed by atoms with E-state index in [1.807, 2.05) is 12.2 Å². The van der Waals surface area contributed by atoms with Crippen molar-refractivity contribution >= 4 is 30.1 Å². The van der Waals surface area contributed by atoms with Crippen LogP contribution < -0.4 is 10.6 Å². The minimum atomic E-state index is -0.518. The molecule has 0 saturated heterocycles. The van der Waals surface area contributed by atoms with Gasteiger partial charge in [-0.1, -0.05) is 85.3 Å². The van der Waals surface area contributed by atoms with Gasteiger partial charge in [0.25, 0.3) is 0 Å². The van der Waals surface area contributed by atoms with Gasteiger partial charge in [0.2, 0.25) is 0 Å². The Balaban J connectivity index is 1.97. The maximum absolute atomic E-state index is 9.08. The van der Waals surface area contributed by atoms with E-state index in [1.165, 1.54) is 10.6 Å². The van der Waals surface area contributed by atoms with Crippen molar-refractivity contribution in [1.29, 1.82) is 5.26 Å². The van der Waals surface area contributed by atoms with Crippen LogP contribution in [0.3, 0.4) is 0 Å². The van der Waals surface area contributed by atoms with Crippen LogP contribution in [-0.4, -0.2) is 5.66 Å². The molecule has 0 bridgehead atoms. The molecule has 0 spiro atoms. The van der Waals surface area contributed by atoms with Gasteiger partial charge < -0.3 is 0 Å². The lowest BCUT2D eigenvalue weighted by molar-refractivity contribution is 0.630. The van der Waals surface area contributed by atoms with Crippen molar-refractivity contribution in [3.8, 4) is 6.07 Å². The summed E-state index contributed by atoms with van der Waals surface area (Å²) >= 11 is 6.55. The highest BCUT2D eigenvalue weighted by Crippen LogP contribution is 2.47. The molecule has 2 atom stereocenters. The lowest BCUT2D eigenvalue weighted by atomic mass is 9.94. The lowest BCUT2D eigenvalue weighted by Crippen LogP contribution is -2.27. The highest BCUT2D eigenvalue weighted by atomic mass is 35.5. The molecule has 0 radical (unpaired) electrons. The molecule has 1 nitrogen and oxygen atoms in total. The van der Waals surface area contributed by atoms with Gasteiger partial charge in [0.15, 0.2) is 0 Å². The fraction of sp³-hybridized carbons (Fsp3) is 0.190. The summed E-state index contributed by atoms with van der Waals surface area (Å²) in [5, 5.41) is 12.6. The summed E-state index contributed by atoms with van der Waals surface area (Å²) in [6.07, 6.45) is 4.67. The smallest absolute Gasteiger partial charge is 0.0988 e. The average molecular weight is 352 g/mol. The average Bonchev–Trinajstić information content (AvgIpc) is 2.63. The quantitative estimate of drug-likeness (QED) is 0.703. The van der Waals surface area contributed by atoms with Crippen molar-refractivity contribution in [2.45, 2.75) is 19.0 Å². The third-order valence-electron chi connectivity index (χ3n) is 4.43. The van der Waals surface area contributed by atoms with Crippen molar-refractivity contribution in [1.82, 2.24) is 0 Å². The van der Waals surface area contributed by atoms with E-state index in [-0.39, 0.29) is 5.92 Å². The van der Waals surface area contributed by atoms with Crippen LogP contribution in [0, 0.1) is 17.2 Å². The number of nitrogens with zero attached hydrogens (tertiary/aromatic N) is 1. The molecule has 2 unspecified atom stereocenters. The molecule has 0 N–H and O–H groups in total. The molecule has 0 heterocycles. The van der Waals surface area contributed by atoms with E-state index in [4.69, 9.17) is 16.9 Å². The number of hydrogen-bond donors (Lipinski definition) is 0. The first kappa shape index (κ1) is 17.0. The van der Waals surface area contributed by atoms with Gasteiger partial charge in [0.1, 0.15) is 0 Å². The maximum atomic E-state index is 9.08. The number of hydrogen-bond acceptors (Lipinski definition) is 1. The molecule has 2 aromatic rings. The van der Waals surface area contributed by atoms with Crippen LogP contribution in [0.2, 0.25) is 0 Å². The summed E-state index contributed by atoms with van der Waals surface area (Å²) in [6, 6.07) is 23.6. The molecule has 0 aliphatic heterocycles. The van der Waals surface area contributed by atoms with Crippen molar-refractivity contribution in [3.05, 3.63) is 83.4 Å². The van der Waals surface area contributed by atoms with Crippen LogP contribution in [0.15, 0.2) is 83.4 Å². The first-order valence-corrected chi connectivity index (χ1v) is 9.86. The lowest BCUT2D eigenvalue weighted by Gasteiger charge is -2.33. The third-order valence-corrected chi connectivity index (χ3v) is 7.70. The van der Waals surface area contributed by atoms with Crippen LogP contribution in [0.4, 0.5) is 0 Å². The molecule has 2 aromatic carbocycles. The van der Waals surface area contributed by atoms with Crippen molar-refractivity contribution in [2.24, 2.45) is 5.92 Å². The normalized spacial score (nSPS) is 18.5. The zero-order valence-electron chi connectivity index (χ0n) is 13.6. The molecule has 0 aromatic heterocycles. The maximum Gasteiger partial charge on any atom is 0.0988 e. The van der Waals surface area contributed by atoms with E-state index < -0.39 is 7.92 Å². The predicted octanol–water partition coefficient (Wildman–Crippen LogP) is 5.10. The van der Waals surface area contributed by atoms with Crippen molar-refractivity contribution < 1.29 is 0 Å². The van der Waals surface area contributed by atoms with Gasteiger partial charge in [-0.25, -0.2) is 0 Å². The Morgan fingerprint density at radius 2 is 1.58 bits per heavy atom. The first-order chi connectivity index (χ1) is 11.7. The first-order valence-electron chi connectivity index (χ1n) is 8.07. The molecule has 3 rings (SSSR count). The number of rotatable bonds is 4. The highest BCUT2D eigenvalue weighted by molar-refractivity contribution is 7.73. The largest absolute Gasteiger partial charge is 0.192 e. The minimum Gasteiger partial charge on any atom is -0.192 e. The molecule has 120 valence electrons. The van der Waals surface area contributed by atoms with Gasteiger partial charge >= 0.3 is 0 Å². The van der Waals surface area contributed by atoms with E-state index in [0.29, 0.717) is 11.2 Å². The summed E-state index contributed by atoms with van der Waals surface area (Å²) in [5.41, 5.74) is 1.07. The molecular weight excluding hydrogens is 333 g/mol. The van der Waals surface area contributed by atoms with Crippen molar-refractivity contribution in [3.63, 3.8) is 0 Å². The van der Waals surface area contributed by atoms with E-state index in [1.54, 1.807) is 0 Å². The number of nitriles is 1. The molecule has 1 aliphatic carbocycles. The fourth-order valence-corrected chi connectivity index (χ4v) is 6.51. The Hall–Kier alpha value is -1.87. The molecule has 0 saturated carbocycles. The number of halogens is 1. The zero-order chi connectivity index (χ0) is 16.9. The van der Waals surface area contributed by atoms with E-state index >= 15 is 0 Å². The second-order valence-electron chi connectivity index (χ2n) is 5.92. The van der Waals surface area contributed by atoms with Crippen LogP contribution in [0.5, 0.6) is 0 Å². The van der Waals surface area contributed by atoms with Gasteiger partial charge in [-0.2, -0.15) is 5.26 Å². The monoisotopic (exact) mass is 351 g/mol. The van der Waals surface area contributed by atoms with E-state index in [2.05, 4.69) is 73.7 Å². The Morgan fingerprint density at radius 1 is 1.04 bits per heavy atom. The Labute approximate surface area is 150 Å². The second-order valence-corrected chi connectivity index (χ2v) is 8.95. The Bertz CT molecular complexity index is 750. The van der Waals surface area contributed by atoms with Gasteiger partial charge in [-0.3, -0.25) is 0 Å².